The van der Waals surface area contributed by atoms with E-state index in [9.17, 15) is 4.79 Å². The van der Waals surface area contributed by atoms with Crippen molar-refractivity contribution in [3.8, 4) is 0 Å². The summed E-state index contributed by atoms with van der Waals surface area (Å²) in [5, 5.41) is 11.9. The molecular weight excluding hydrogens is 368 g/mol. The van der Waals surface area contributed by atoms with E-state index in [1.807, 2.05) is 48.1 Å². The van der Waals surface area contributed by atoms with Crippen molar-refractivity contribution in [1.29, 1.82) is 0 Å². The molecule has 4 N–H and O–H groups in total. The molecule has 4 aromatic heterocycles. The second-order valence-corrected chi connectivity index (χ2v) is 6.66. The first-order valence-electron chi connectivity index (χ1n) is 9.12. The number of aromatic amines is 2. The second kappa shape index (κ2) is 6.79. The molecule has 29 heavy (non-hydrogen) atoms. The van der Waals surface area contributed by atoms with Gasteiger partial charge in [-0.2, -0.15) is 5.10 Å². The number of rotatable bonds is 5. The lowest BCUT2D eigenvalue weighted by Gasteiger charge is -2.10. The van der Waals surface area contributed by atoms with Gasteiger partial charge in [0.25, 0.3) is 0 Å². The van der Waals surface area contributed by atoms with Gasteiger partial charge in [0.15, 0.2) is 0 Å². The Bertz CT molecular complexity index is 1380. The molecule has 5 aromatic rings. The third-order valence-corrected chi connectivity index (χ3v) is 4.76. The Morgan fingerprint density at radius 1 is 1.07 bits per heavy atom. The van der Waals surface area contributed by atoms with Gasteiger partial charge in [0.1, 0.15) is 11.6 Å². The van der Waals surface area contributed by atoms with Crippen LogP contribution < -0.4 is 16.3 Å². The third kappa shape index (κ3) is 3.18. The minimum Gasteiger partial charge on any atom is -0.373 e. The lowest BCUT2D eigenvalue weighted by Crippen LogP contribution is -2.06. The molecule has 0 saturated carbocycles. The normalized spacial score (nSPS) is 11.2. The van der Waals surface area contributed by atoms with Crippen LogP contribution >= 0.6 is 0 Å². The van der Waals surface area contributed by atoms with Crippen LogP contribution in [0.5, 0.6) is 0 Å². The number of imidazole rings is 1. The standard InChI is InChI=1S/C20H18N8O/c1-21-19-12(3-2-6-22-19)11-28-17-8-18(23-9-13(17)10-24-28)25-14-4-5-15-16(7-14)27-20(29)26-15/h2-10H,11H2,1H3,(H,21,22)(H,23,25)(H2,26,27,29). The van der Waals surface area contributed by atoms with Crippen molar-refractivity contribution in [3.05, 3.63) is 71.0 Å². The van der Waals surface area contributed by atoms with E-state index in [4.69, 9.17) is 0 Å². The van der Waals surface area contributed by atoms with E-state index >= 15 is 0 Å². The molecule has 0 atom stereocenters. The Hall–Kier alpha value is -4.14. The van der Waals surface area contributed by atoms with Crippen LogP contribution in [0, 0.1) is 0 Å². The van der Waals surface area contributed by atoms with Crippen LogP contribution in [0.15, 0.2) is 59.8 Å². The van der Waals surface area contributed by atoms with E-state index in [-0.39, 0.29) is 5.69 Å². The molecule has 0 saturated heterocycles. The van der Waals surface area contributed by atoms with Crippen molar-refractivity contribution in [3.63, 3.8) is 0 Å². The number of nitrogens with zero attached hydrogens (tertiary/aromatic N) is 4. The van der Waals surface area contributed by atoms with Gasteiger partial charge >= 0.3 is 5.69 Å². The van der Waals surface area contributed by atoms with Gasteiger partial charge in [-0.3, -0.25) is 4.68 Å². The summed E-state index contributed by atoms with van der Waals surface area (Å²) in [5.74, 6) is 1.52. The molecule has 9 nitrogen and oxygen atoms in total. The van der Waals surface area contributed by atoms with Crippen molar-refractivity contribution in [2.75, 3.05) is 17.7 Å². The van der Waals surface area contributed by atoms with Gasteiger partial charge in [-0.1, -0.05) is 6.07 Å². The fraction of sp³-hybridized carbons (Fsp3) is 0.100. The van der Waals surface area contributed by atoms with Crippen LogP contribution in [0.2, 0.25) is 0 Å². The molecule has 5 rings (SSSR count). The Labute approximate surface area is 164 Å². The summed E-state index contributed by atoms with van der Waals surface area (Å²) >= 11 is 0. The molecule has 0 aliphatic rings. The van der Waals surface area contributed by atoms with E-state index in [2.05, 4.69) is 35.7 Å². The number of hydrogen-bond donors (Lipinski definition) is 4. The third-order valence-electron chi connectivity index (χ3n) is 4.76. The first-order valence-corrected chi connectivity index (χ1v) is 9.12. The van der Waals surface area contributed by atoms with Crippen molar-refractivity contribution < 1.29 is 0 Å². The molecule has 1 aromatic carbocycles. The number of H-pyrrole nitrogens is 2. The summed E-state index contributed by atoms with van der Waals surface area (Å²) in [6.07, 6.45) is 5.36. The number of aromatic nitrogens is 6. The van der Waals surface area contributed by atoms with Crippen molar-refractivity contribution in [1.82, 2.24) is 29.7 Å². The van der Waals surface area contributed by atoms with Crippen LogP contribution in [-0.4, -0.2) is 36.8 Å². The van der Waals surface area contributed by atoms with Crippen molar-refractivity contribution in [2.45, 2.75) is 6.54 Å². The molecule has 0 bridgehead atoms. The van der Waals surface area contributed by atoms with Crippen LogP contribution in [0.3, 0.4) is 0 Å². The molecule has 0 fully saturated rings. The summed E-state index contributed by atoms with van der Waals surface area (Å²) in [4.78, 5) is 25.8. The van der Waals surface area contributed by atoms with E-state index in [1.54, 1.807) is 18.6 Å². The smallest absolute Gasteiger partial charge is 0.323 e. The number of pyridine rings is 2. The molecule has 4 heterocycles. The fourth-order valence-corrected chi connectivity index (χ4v) is 3.38. The molecular formula is C20H18N8O. The predicted octanol–water partition coefficient (Wildman–Crippen LogP) is 2.83. The topological polar surface area (TPSA) is 116 Å². The average molecular weight is 386 g/mol. The number of hydrogen-bond acceptors (Lipinski definition) is 6. The number of nitrogens with one attached hydrogen (secondary N) is 4. The summed E-state index contributed by atoms with van der Waals surface area (Å²) in [7, 11) is 1.85. The van der Waals surface area contributed by atoms with Gasteiger partial charge in [0, 0.05) is 42.1 Å². The van der Waals surface area contributed by atoms with E-state index in [1.165, 1.54) is 0 Å². The van der Waals surface area contributed by atoms with Crippen molar-refractivity contribution in [2.24, 2.45) is 0 Å². The lowest BCUT2D eigenvalue weighted by molar-refractivity contribution is 0.711. The summed E-state index contributed by atoms with van der Waals surface area (Å²) in [6, 6.07) is 11.5. The first-order chi connectivity index (χ1) is 14.2. The zero-order valence-electron chi connectivity index (χ0n) is 15.6. The van der Waals surface area contributed by atoms with E-state index < -0.39 is 0 Å². The molecule has 0 radical (unpaired) electrons. The quantitative estimate of drug-likeness (QED) is 0.369. The molecule has 9 heteroatoms. The SMILES string of the molecule is CNc1ncccc1Cn1ncc2cnc(Nc3ccc4[nH]c(=O)[nH]c4c3)cc21. The van der Waals surface area contributed by atoms with E-state index in [0.717, 1.165) is 39.0 Å². The fourth-order valence-electron chi connectivity index (χ4n) is 3.38. The maximum Gasteiger partial charge on any atom is 0.323 e. The maximum atomic E-state index is 11.4. The van der Waals surface area contributed by atoms with Gasteiger partial charge in [-0.25, -0.2) is 14.8 Å². The summed E-state index contributed by atoms with van der Waals surface area (Å²) in [5.41, 5.74) is 4.12. The number of anilines is 3. The monoisotopic (exact) mass is 386 g/mol. The largest absolute Gasteiger partial charge is 0.373 e. The average Bonchev–Trinajstić information content (AvgIpc) is 3.30. The number of benzene rings is 1. The minimum absolute atomic E-state index is 0.225. The second-order valence-electron chi connectivity index (χ2n) is 6.66. The molecule has 0 unspecified atom stereocenters. The highest BCUT2D eigenvalue weighted by Gasteiger charge is 2.09. The lowest BCUT2D eigenvalue weighted by atomic mass is 10.2. The maximum absolute atomic E-state index is 11.4. The van der Waals surface area contributed by atoms with E-state index in [0.29, 0.717) is 12.4 Å². The van der Waals surface area contributed by atoms with Gasteiger partial charge in [0.05, 0.1) is 29.3 Å². The Balaban J connectivity index is 1.47. The Morgan fingerprint density at radius 3 is 2.86 bits per heavy atom. The number of fused-ring (bicyclic) bond motifs is 2. The Morgan fingerprint density at radius 2 is 1.97 bits per heavy atom. The predicted molar refractivity (Wildman–Crippen MR) is 113 cm³/mol. The highest BCUT2D eigenvalue weighted by Crippen LogP contribution is 2.23. The summed E-state index contributed by atoms with van der Waals surface area (Å²) < 4.78 is 1.92. The van der Waals surface area contributed by atoms with Gasteiger partial charge in [0.2, 0.25) is 0 Å². The van der Waals surface area contributed by atoms with Gasteiger partial charge in [-0.15, -0.1) is 0 Å². The van der Waals surface area contributed by atoms with Crippen LogP contribution in [0.4, 0.5) is 17.3 Å². The van der Waals surface area contributed by atoms with Crippen molar-refractivity contribution >= 4 is 39.3 Å². The molecule has 0 amide bonds. The van der Waals surface area contributed by atoms with Gasteiger partial charge < -0.3 is 20.6 Å². The zero-order valence-corrected chi connectivity index (χ0v) is 15.6. The molecule has 144 valence electrons. The molecule has 0 aliphatic heterocycles. The van der Waals surface area contributed by atoms with Crippen LogP contribution in [0.1, 0.15) is 5.56 Å². The molecule has 0 spiro atoms. The summed E-state index contributed by atoms with van der Waals surface area (Å²) in [6.45, 7) is 0.591. The first kappa shape index (κ1) is 17.0. The minimum atomic E-state index is -0.225. The highest BCUT2D eigenvalue weighted by atomic mass is 16.1. The highest BCUT2D eigenvalue weighted by molar-refractivity contribution is 5.83. The molecule has 0 aliphatic carbocycles. The Kier molecular flexibility index (Phi) is 3.98. The van der Waals surface area contributed by atoms with Gasteiger partial charge in [-0.05, 0) is 24.3 Å². The zero-order chi connectivity index (χ0) is 19.8. The van der Waals surface area contributed by atoms with Crippen LogP contribution in [0.25, 0.3) is 21.9 Å². The van der Waals surface area contributed by atoms with Crippen LogP contribution in [-0.2, 0) is 6.54 Å².